The quantitative estimate of drug-likeness (QED) is 0.560. The lowest BCUT2D eigenvalue weighted by atomic mass is 9.91. The molecule has 0 aromatic heterocycles. The molecule has 2 fully saturated rings. The normalized spacial score (nSPS) is 36.7. The van der Waals surface area contributed by atoms with E-state index in [1.807, 2.05) is 0 Å². The van der Waals surface area contributed by atoms with Crippen LogP contribution in [0.3, 0.4) is 0 Å². The van der Waals surface area contributed by atoms with E-state index in [1.165, 1.54) is 38.6 Å². The molecule has 1 atom stereocenters. The van der Waals surface area contributed by atoms with Gasteiger partial charge >= 0.3 is 0 Å². The van der Waals surface area contributed by atoms with Gasteiger partial charge in [0.05, 0.1) is 0 Å². The van der Waals surface area contributed by atoms with Gasteiger partial charge in [0.1, 0.15) is 0 Å². The van der Waals surface area contributed by atoms with Crippen molar-refractivity contribution in [3.8, 4) is 0 Å². The van der Waals surface area contributed by atoms with Gasteiger partial charge in [0.15, 0.2) is 0 Å². The second-order valence-corrected chi connectivity index (χ2v) is 3.39. The van der Waals surface area contributed by atoms with Crippen molar-refractivity contribution in [1.82, 2.24) is 5.32 Å². The van der Waals surface area contributed by atoms with E-state index in [0.29, 0.717) is 0 Å². The van der Waals surface area contributed by atoms with Crippen LogP contribution in [-0.2, 0) is 0 Å². The molecule has 1 heterocycles. The van der Waals surface area contributed by atoms with E-state index in [2.05, 4.69) is 5.32 Å². The predicted octanol–water partition coefficient (Wildman–Crippen LogP) is 1.54. The summed E-state index contributed by atoms with van der Waals surface area (Å²) in [5.74, 6) is 1.05. The van der Waals surface area contributed by atoms with Gasteiger partial charge in [-0.25, -0.2) is 0 Å². The summed E-state index contributed by atoms with van der Waals surface area (Å²) in [5.41, 5.74) is 0. The summed E-state index contributed by atoms with van der Waals surface area (Å²) in [6, 6.07) is 0.924. The molecule has 9 heavy (non-hydrogen) atoms. The molecule has 1 saturated carbocycles. The Morgan fingerprint density at radius 1 is 1.00 bits per heavy atom. The number of hydrogen-bond donors (Lipinski definition) is 1. The van der Waals surface area contributed by atoms with E-state index in [1.54, 1.807) is 0 Å². The van der Waals surface area contributed by atoms with Crippen molar-refractivity contribution in [1.29, 1.82) is 0 Å². The van der Waals surface area contributed by atoms with Crippen LogP contribution in [0.4, 0.5) is 0 Å². The van der Waals surface area contributed by atoms with Crippen LogP contribution in [0.2, 0.25) is 0 Å². The molecule has 0 aromatic rings. The summed E-state index contributed by atoms with van der Waals surface area (Å²) in [6.07, 6.45) is 7.42. The van der Waals surface area contributed by atoms with Crippen molar-refractivity contribution in [3.05, 3.63) is 0 Å². The zero-order valence-corrected chi connectivity index (χ0v) is 5.90. The maximum Gasteiger partial charge on any atom is 0.0107 e. The van der Waals surface area contributed by atoms with E-state index in [4.69, 9.17) is 0 Å². The molecule has 0 aromatic carbocycles. The first kappa shape index (κ1) is 5.72. The largest absolute Gasteiger partial charge is 0.314 e. The maximum atomic E-state index is 3.49. The van der Waals surface area contributed by atoms with Crippen LogP contribution >= 0.6 is 0 Å². The molecule has 1 aliphatic heterocycles. The van der Waals surface area contributed by atoms with Gasteiger partial charge in [0.25, 0.3) is 0 Å². The first-order valence-electron chi connectivity index (χ1n) is 4.20. The highest BCUT2D eigenvalue weighted by Crippen LogP contribution is 2.30. The molecular weight excluding hydrogens is 110 g/mol. The van der Waals surface area contributed by atoms with Gasteiger partial charge in [-0.05, 0) is 31.7 Å². The van der Waals surface area contributed by atoms with Crippen LogP contribution in [0.15, 0.2) is 0 Å². The van der Waals surface area contributed by atoms with Crippen molar-refractivity contribution in [2.24, 2.45) is 5.92 Å². The Hall–Kier alpha value is -0.0400. The third-order valence-electron chi connectivity index (χ3n) is 2.83. The van der Waals surface area contributed by atoms with Crippen molar-refractivity contribution < 1.29 is 0 Å². The van der Waals surface area contributed by atoms with Gasteiger partial charge in [-0.3, -0.25) is 0 Å². The van der Waals surface area contributed by atoms with Gasteiger partial charge < -0.3 is 5.32 Å². The first-order chi connectivity index (χ1) is 4.47. The molecule has 0 spiro atoms. The SMILES string of the molecule is C1CCC([C@H]2CCN2)C1. The molecule has 1 aliphatic carbocycles. The summed E-state index contributed by atoms with van der Waals surface area (Å²) >= 11 is 0. The second-order valence-electron chi connectivity index (χ2n) is 3.39. The van der Waals surface area contributed by atoms with Crippen molar-refractivity contribution in [2.75, 3.05) is 6.54 Å². The Bertz CT molecular complexity index is 90.7. The second kappa shape index (κ2) is 2.30. The van der Waals surface area contributed by atoms with Crippen LogP contribution in [0, 0.1) is 5.92 Å². The molecule has 0 amide bonds. The molecular formula is C8H15N. The topological polar surface area (TPSA) is 12.0 Å². The molecule has 1 nitrogen and oxygen atoms in total. The lowest BCUT2D eigenvalue weighted by Gasteiger charge is -2.32. The van der Waals surface area contributed by atoms with Crippen LogP contribution in [0.1, 0.15) is 32.1 Å². The molecule has 1 heteroatoms. The monoisotopic (exact) mass is 125 g/mol. The van der Waals surface area contributed by atoms with Crippen LogP contribution in [0.5, 0.6) is 0 Å². The highest BCUT2D eigenvalue weighted by molar-refractivity contribution is 4.86. The van der Waals surface area contributed by atoms with Gasteiger partial charge in [-0.15, -0.1) is 0 Å². The minimum Gasteiger partial charge on any atom is -0.314 e. The van der Waals surface area contributed by atoms with E-state index in [0.717, 1.165) is 12.0 Å². The first-order valence-corrected chi connectivity index (χ1v) is 4.20. The summed E-state index contributed by atoms with van der Waals surface area (Å²) < 4.78 is 0. The van der Waals surface area contributed by atoms with E-state index < -0.39 is 0 Å². The number of hydrogen-bond acceptors (Lipinski definition) is 1. The van der Waals surface area contributed by atoms with Crippen molar-refractivity contribution in [2.45, 2.75) is 38.1 Å². The minimum atomic E-state index is 0.924. The molecule has 1 N–H and O–H groups in total. The average Bonchev–Trinajstić information content (AvgIpc) is 2.11. The highest BCUT2D eigenvalue weighted by Gasteiger charge is 2.28. The third-order valence-corrected chi connectivity index (χ3v) is 2.83. The van der Waals surface area contributed by atoms with E-state index in [9.17, 15) is 0 Å². The lowest BCUT2D eigenvalue weighted by Crippen LogP contribution is -2.47. The Morgan fingerprint density at radius 3 is 2.11 bits per heavy atom. The molecule has 0 unspecified atom stereocenters. The Morgan fingerprint density at radius 2 is 1.67 bits per heavy atom. The Labute approximate surface area is 56.8 Å². The summed E-state index contributed by atoms with van der Waals surface area (Å²) in [4.78, 5) is 0. The van der Waals surface area contributed by atoms with Gasteiger partial charge in [-0.2, -0.15) is 0 Å². The fourth-order valence-corrected chi connectivity index (χ4v) is 2.07. The fourth-order valence-electron chi connectivity index (χ4n) is 2.07. The van der Waals surface area contributed by atoms with Crippen LogP contribution in [-0.4, -0.2) is 12.6 Å². The molecule has 52 valence electrons. The van der Waals surface area contributed by atoms with E-state index in [-0.39, 0.29) is 0 Å². The zero-order chi connectivity index (χ0) is 6.10. The number of nitrogens with one attached hydrogen (secondary N) is 1. The average molecular weight is 125 g/mol. The molecule has 0 bridgehead atoms. The van der Waals surface area contributed by atoms with Crippen LogP contribution in [0.25, 0.3) is 0 Å². The summed E-state index contributed by atoms with van der Waals surface area (Å²) in [5, 5.41) is 3.49. The fraction of sp³-hybridized carbons (Fsp3) is 1.00. The zero-order valence-electron chi connectivity index (χ0n) is 5.90. The van der Waals surface area contributed by atoms with Gasteiger partial charge in [0, 0.05) is 6.04 Å². The summed E-state index contributed by atoms with van der Waals surface area (Å²) in [7, 11) is 0. The Balaban J connectivity index is 1.82. The lowest BCUT2D eigenvalue weighted by molar-refractivity contribution is 0.264. The predicted molar refractivity (Wildman–Crippen MR) is 38.4 cm³/mol. The highest BCUT2D eigenvalue weighted by atomic mass is 15.0. The Kier molecular flexibility index (Phi) is 1.46. The maximum absolute atomic E-state index is 3.49. The van der Waals surface area contributed by atoms with E-state index >= 15 is 0 Å². The minimum absolute atomic E-state index is 0.924. The van der Waals surface area contributed by atoms with Crippen molar-refractivity contribution >= 4 is 0 Å². The molecule has 0 radical (unpaired) electrons. The van der Waals surface area contributed by atoms with Gasteiger partial charge in [-0.1, -0.05) is 12.8 Å². The van der Waals surface area contributed by atoms with Crippen LogP contribution < -0.4 is 5.32 Å². The van der Waals surface area contributed by atoms with Gasteiger partial charge in [0.2, 0.25) is 0 Å². The standard InChI is InChI=1S/C8H15N/c1-2-4-7(3-1)8-5-6-9-8/h7-9H,1-6H2/t8-/m1/s1. The summed E-state index contributed by atoms with van der Waals surface area (Å²) in [6.45, 7) is 1.28. The molecule has 2 rings (SSSR count). The molecule has 1 saturated heterocycles. The number of rotatable bonds is 1. The molecule has 2 aliphatic rings. The van der Waals surface area contributed by atoms with Crippen molar-refractivity contribution in [3.63, 3.8) is 0 Å². The smallest absolute Gasteiger partial charge is 0.0107 e. The third kappa shape index (κ3) is 0.983.